The van der Waals surface area contributed by atoms with E-state index in [0.717, 1.165) is 0 Å². The Hall–Kier alpha value is 1.38. The fraction of sp³-hybridized carbons (Fsp3) is 0. The van der Waals surface area contributed by atoms with Crippen molar-refractivity contribution in [3.63, 3.8) is 0 Å². The largest absolute Gasteiger partial charge is 1.00 e. The van der Waals surface area contributed by atoms with Gasteiger partial charge in [0, 0.05) is 0 Å². The first-order valence-electron chi connectivity index (χ1n) is 1.53. The topological polar surface area (TPSA) is 127 Å². The predicted octanol–water partition coefficient (Wildman–Crippen LogP) is -4.34. The maximum Gasteiger partial charge on any atom is 1.00 e. The molecule has 11 heavy (non-hydrogen) atoms. The van der Waals surface area contributed by atoms with Gasteiger partial charge < -0.3 is 1.43 Å². The van der Waals surface area contributed by atoms with E-state index in [4.69, 9.17) is 9.11 Å². The Balaban J connectivity index is -0.000000405. The molecule has 0 atom stereocenters. The Kier molecular flexibility index (Phi) is 7.01. The monoisotopic (exact) mass is 234 g/mol. The van der Waals surface area contributed by atoms with Crippen LogP contribution in [-0.2, 0) is 29.5 Å². The maximum atomic E-state index is 9.51. The van der Waals surface area contributed by atoms with Gasteiger partial charge in [0.05, 0.1) is 0 Å². The van der Waals surface area contributed by atoms with Crippen molar-refractivity contribution in [1.29, 1.82) is 0 Å². The zero-order chi connectivity index (χ0) is 8.41. The summed E-state index contributed by atoms with van der Waals surface area (Å²) in [5.41, 5.74) is 0. The van der Waals surface area contributed by atoms with E-state index in [9.17, 15) is 16.8 Å². The van der Waals surface area contributed by atoms with Crippen molar-refractivity contribution >= 4 is 20.8 Å². The summed E-state index contributed by atoms with van der Waals surface area (Å²) >= 11 is 0. The molecule has 0 aromatic carbocycles. The average Bonchev–Trinajstić information content (AvgIpc) is 1.57. The van der Waals surface area contributed by atoms with Crippen molar-refractivity contribution in [2.75, 3.05) is 0 Å². The van der Waals surface area contributed by atoms with Crippen LogP contribution in [0.2, 0.25) is 0 Å². The van der Waals surface area contributed by atoms with Crippen molar-refractivity contribution in [3.05, 3.63) is 0 Å². The van der Waals surface area contributed by atoms with Crippen LogP contribution in [0.5, 0.6) is 0 Å². The van der Waals surface area contributed by atoms with E-state index in [-0.39, 0.29) is 52.8 Å². The van der Waals surface area contributed by atoms with Gasteiger partial charge in [-0.05, 0) is 0 Å². The van der Waals surface area contributed by atoms with E-state index < -0.39 is 20.8 Å². The molecule has 0 aliphatic heterocycles. The summed E-state index contributed by atoms with van der Waals surface area (Å²) in [6.45, 7) is 0. The Morgan fingerprint density at radius 1 is 0.909 bits per heavy atom. The molecule has 2 N–H and O–H groups in total. The third-order valence-corrected chi connectivity index (χ3v) is 0.766. The summed E-state index contributed by atoms with van der Waals surface area (Å²) in [5, 5.41) is 0. The molecule has 0 saturated carbocycles. The molecule has 0 heterocycles. The van der Waals surface area contributed by atoms with Crippen LogP contribution in [-0.4, -0.2) is 25.9 Å². The molecule has 0 aromatic heterocycles. The summed E-state index contributed by atoms with van der Waals surface area (Å²) in [6.07, 6.45) is 0. The van der Waals surface area contributed by atoms with Crippen molar-refractivity contribution in [3.8, 4) is 0 Å². The zero-order valence-electron chi connectivity index (χ0n) is 6.16. The Bertz CT molecular complexity index is 253. The molecule has 0 radical (unpaired) electrons. The summed E-state index contributed by atoms with van der Waals surface area (Å²) in [5.74, 6) is 0. The SMILES string of the molecule is O=S(=O)(O)OOS(=O)(=O)O.[H-].[K+]. The van der Waals surface area contributed by atoms with Crippen LogP contribution in [0.4, 0.5) is 0 Å². The van der Waals surface area contributed by atoms with Crippen LogP contribution < -0.4 is 51.4 Å². The minimum atomic E-state index is -5.02. The first-order chi connectivity index (χ1) is 4.21. The Morgan fingerprint density at radius 3 is 1.18 bits per heavy atom. The first kappa shape index (κ1) is 14.9. The van der Waals surface area contributed by atoms with E-state index in [1.54, 1.807) is 0 Å². The number of hydrogen-bond donors (Lipinski definition) is 2. The third kappa shape index (κ3) is 14.3. The summed E-state index contributed by atoms with van der Waals surface area (Å²) in [6, 6.07) is 0. The second-order valence-corrected chi connectivity index (χ2v) is 2.97. The molecular formula is H3KO8S2. The fourth-order valence-corrected chi connectivity index (χ4v) is 0.632. The molecule has 64 valence electrons. The van der Waals surface area contributed by atoms with Crippen LogP contribution in [0.15, 0.2) is 0 Å². The molecule has 0 saturated heterocycles. The summed E-state index contributed by atoms with van der Waals surface area (Å²) < 4.78 is 58.9. The minimum Gasteiger partial charge on any atom is -1.00 e. The van der Waals surface area contributed by atoms with Crippen LogP contribution >= 0.6 is 0 Å². The second-order valence-electron chi connectivity index (χ2n) is 0.992. The van der Waals surface area contributed by atoms with Crippen molar-refractivity contribution in [2.24, 2.45) is 0 Å². The van der Waals surface area contributed by atoms with E-state index in [2.05, 4.69) is 8.67 Å². The van der Waals surface area contributed by atoms with Gasteiger partial charge in [-0.3, -0.25) is 9.11 Å². The predicted molar refractivity (Wildman–Crippen MR) is 26.4 cm³/mol. The molecular weight excluding hydrogens is 231 g/mol. The molecule has 0 spiro atoms. The molecule has 0 fully saturated rings. The van der Waals surface area contributed by atoms with Crippen LogP contribution in [0.3, 0.4) is 0 Å². The standard InChI is InChI=1S/K.H2O8S2.H/c;1-9(2,3)7-8-10(4,5)6;/h;(H,1,2,3)(H,4,5,6);/q+1;;-1. The number of hydrogen-bond acceptors (Lipinski definition) is 6. The molecule has 0 rings (SSSR count). The molecule has 0 unspecified atom stereocenters. The molecule has 0 aliphatic carbocycles. The van der Waals surface area contributed by atoms with Gasteiger partial charge in [0.25, 0.3) is 0 Å². The van der Waals surface area contributed by atoms with Gasteiger partial charge in [-0.2, -0.15) is 16.8 Å². The normalized spacial score (nSPS) is 12.2. The van der Waals surface area contributed by atoms with Crippen LogP contribution in [0.1, 0.15) is 1.43 Å². The van der Waals surface area contributed by atoms with Crippen molar-refractivity contribution in [2.45, 2.75) is 0 Å². The quantitative estimate of drug-likeness (QED) is 0.217. The first-order valence-corrected chi connectivity index (χ1v) is 4.26. The van der Waals surface area contributed by atoms with E-state index in [1.165, 1.54) is 0 Å². The average molecular weight is 234 g/mol. The van der Waals surface area contributed by atoms with Crippen molar-refractivity contribution < 1.29 is 87.4 Å². The Labute approximate surface area is 107 Å². The molecule has 0 aromatic rings. The molecule has 0 aliphatic rings. The van der Waals surface area contributed by atoms with E-state index in [0.29, 0.717) is 0 Å². The molecule has 11 heteroatoms. The molecule has 0 amide bonds. The van der Waals surface area contributed by atoms with Gasteiger partial charge >= 0.3 is 72.2 Å². The Morgan fingerprint density at radius 2 is 1.09 bits per heavy atom. The molecule has 8 nitrogen and oxygen atoms in total. The van der Waals surface area contributed by atoms with E-state index in [1.807, 2.05) is 0 Å². The fourth-order valence-electron chi connectivity index (χ4n) is 0.0702. The van der Waals surface area contributed by atoms with Gasteiger partial charge in [-0.25, -0.2) is 0 Å². The summed E-state index contributed by atoms with van der Waals surface area (Å²) in [7, 11) is -10.0. The smallest absolute Gasteiger partial charge is 1.00 e. The summed E-state index contributed by atoms with van der Waals surface area (Å²) in [4.78, 5) is 0. The van der Waals surface area contributed by atoms with Gasteiger partial charge in [0.1, 0.15) is 0 Å². The van der Waals surface area contributed by atoms with E-state index >= 15 is 0 Å². The minimum absolute atomic E-state index is 0. The van der Waals surface area contributed by atoms with Crippen LogP contribution in [0.25, 0.3) is 0 Å². The number of rotatable bonds is 3. The van der Waals surface area contributed by atoms with Crippen LogP contribution in [0, 0.1) is 0 Å². The third-order valence-electron chi connectivity index (χ3n) is 0.200. The van der Waals surface area contributed by atoms with Gasteiger partial charge in [0.2, 0.25) is 0 Å². The van der Waals surface area contributed by atoms with Crippen molar-refractivity contribution in [1.82, 2.24) is 0 Å². The van der Waals surface area contributed by atoms with Gasteiger partial charge in [-0.1, -0.05) is 8.67 Å². The maximum absolute atomic E-state index is 9.51. The molecule has 0 bridgehead atoms. The zero-order valence-corrected chi connectivity index (χ0v) is 9.92. The second kappa shape index (κ2) is 5.18. The van der Waals surface area contributed by atoms with Gasteiger partial charge in [0.15, 0.2) is 0 Å². The van der Waals surface area contributed by atoms with Gasteiger partial charge in [-0.15, -0.1) is 0 Å².